The fourth-order valence-electron chi connectivity index (χ4n) is 4.09. The highest BCUT2D eigenvalue weighted by Gasteiger charge is 2.72. The van der Waals surface area contributed by atoms with Crippen LogP contribution in [-0.2, 0) is 19.4 Å². The largest absolute Gasteiger partial charge is 0.480 e. The van der Waals surface area contributed by atoms with Gasteiger partial charge in [-0.15, -0.1) is 0 Å². The molecule has 30 heavy (non-hydrogen) atoms. The van der Waals surface area contributed by atoms with Crippen molar-refractivity contribution in [2.45, 2.75) is 43.0 Å². The van der Waals surface area contributed by atoms with Crippen LogP contribution in [0.3, 0.4) is 0 Å². The topological polar surface area (TPSA) is 147 Å². The Bertz CT molecular complexity index is 1170. The molecule has 10 nitrogen and oxygen atoms in total. The number of carbonyl (C=O) groups is 3. The van der Waals surface area contributed by atoms with Crippen LogP contribution < -0.4 is 5.32 Å². The fourth-order valence-corrected chi connectivity index (χ4v) is 6.30. The molecule has 1 aromatic heterocycles. The maximum Gasteiger partial charge on any atom is 0.328 e. The Labute approximate surface area is 171 Å². The molecule has 2 amide bonds. The van der Waals surface area contributed by atoms with Crippen LogP contribution in [-0.4, -0.2) is 63.6 Å². The van der Waals surface area contributed by atoms with Crippen molar-refractivity contribution < 1.29 is 32.4 Å². The lowest BCUT2D eigenvalue weighted by Crippen LogP contribution is -2.72. The molecule has 0 bridgehead atoms. The summed E-state index contributed by atoms with van der Waals surface area (Å²) in [6, 6.07) is 5.86. The summed E-state index contributed by atoms with van der Waals surface area (Å²) >= 11 is 0. The number of aromatic nitrogens is 1. The Hall–Kier alpha value is -3.21. The fraction of sp³-hybridized carbons (Fsp3) is 0.368. The summed E-state index contributed by atoms with van der Waals surface area (Å²) in [6.07, 6.45) is 0. The van der Waals surface area contributed by atoms with E-state index in [1.54, 1.807) is 30.3 Å². The molecule has 2 N–H and O–H groups in total. The minimum Gasteiger partial charge on any atom is -0.480 e. The van der Waals surface area contributed by atoms with Crippen molar-refractivity contribution in [2.75, 3.05) is 0 Å². The number of fused-ring (bicyclic) bond motifs is 1. The number of sulfone groups is 1. The van der Waals surface area contributed by atoms with E-state index in [0.717, 1.165) is 4.90 Å². The average Bonchev–Trinajstić information content (AvgIpc) is 3.13. The second-order valence-electron chi connectivity index (χ2n) is 7.80. The average molecular weight is 433 g/mol. The predicted molar refractivity (Wildman–Crippen MR) is 103 cm³/mol. The highest BCUT2D eigenvalue weighted by Crippen LogP contribution is 2.46. The summed E-state index contributed by atoms with van der Waals surface area (Å²) in [5, 5.41) is 14.4. The molecule has 2 fully saturated rings. The molecule has 3 heterocycles. The van der Waals surface area contributed by atoms with E-state index in [4.69, 9.17) is 4.52 Å². The molecular formula is C19H19N3O7S. The highest BCUT2D eigenvalue weighted by atomic mass is 32.2. The van der Waals surface area contributed by atoms with Gasteiger partial charge in [-0.05, 0) is 20.8 Å². The molecule has 0 unspecified atom stereocenters. The third-order valence-corrected chi connectivity index (χ3v) is 8.55. The number of aliphatic carboxylic acids is 1. The van der Waals surface area contributed by atoms with Gasteiger partial charge in [0.05, 0.1) is 0 Å². The molecule has 2 saturated heterocycles. The standard InChI is InChI=1S/C19H19N3O7S/c1-9-11(12(21-29-9)10-7-5-4-6-8-10)15(23)20-13-16(24)22-14(18(25)26)19(2,3)30(27,28)17(13)22/h4-8,13-14,17H,1-3H3,(H,20,23)(H,25,26)/t13-,14+,17-/m1/s1. The van der Waals surface area contributed by atoms with Crippen molar-refractivity contribution in [3.05, 3.63) is 41.7 Å². The molecule has 2 aromatic rings. The number of carbonyl (C=O) groups excluding carboxylic acids is 2. The molecule has 0 saturated carbocycles. The zero-order chi connectivity index (χ0) is 22.0. The van der Waals surface area contributed by atoms with Crippen molar-refractivity contribution in [1.82, 2.24) is 15.4 Å². The highest BCUT2D eigenvalue weighted by molar-refractivity contribution is 7.94. The number of hydrogen-bond acceptors (Lipinski definition) is 7. The molecule has 4 rings (SSSR count). The Balaban J connectivity index is 1.66. The van der Waals surface area contributed by atoms with Crippen molar-refractivity contribution in [3.8, 4) is 11.3 Å². The number of aryl methyl sites for hydroxylation is 1. The van der Waals surface area contributed by atoms with Crippen LogP contribution in [0.4, 0.5) is 0 Å². The second kappa shape index (κ2) is 6.39. The van der Waals surface area contributed by atoms with Gasteiger partial charge in [0.15, 0.2) is 15.2 Å². The Morgan fingerprint density at radius 2 is 1.87 bits per heavy atom. The zero-order valence-electron chi connectivity index (χ0n) is 16.3. The smallest absolute Gasteiger partial charge is 0.328 e. The maximum atomic E-state index is 13.0. The van der Waals surface area contributed by atoms with Crippen molar-refractivity contribution in [1.29, 1.82) is 0 Å². The van der Waals surface area contributed by atoms with Gasteiger partial charge in [-0.1, -0.05) is 35.5 Å². The lowest BCUT2D eigenvalue weighted by atomic mass is 9.95. The van der Waals surface area contributed by atoms with E-state index in [2.05, 4.69) is 10.5 Å². The van der Waals surface area contributed by atoms with Crippen LogP contribution in [0, 0.1) is 6.92 Å². The number of carboxylic acid groups (broad SMARTS) is 1. The van der Waals surface area contributed by atoms with E-state index in [9.17, 15) is 27.9 Å². The number of carboxylic acids is 1. The number of benzene rings is 1. The summed E-state index contributed by atoms with van der Waals surface area (Å²) in [5.41, 5.74) is 0.950. The zero-order valence-corrected chi connectivity index (χ0v) is 17.1. The van der Waals surface area contributed by atoms with E-state index in [1.807, 2.05) is 0 Å². The first-order valence-corrected chi connectivity index (χ1v) is 10.7. The van der Waals surface area contributed by atoms with E-state index < -0.39 is 49.8 Å². The summed E-state index contributed by atoms with van der Waals surface area (Å²) < 4.78 is 29.3. The molecule has 158 valence electrons. The number of hydrogen-bond donors (Lipinski definition) is 2. The molecule has 0 spiro atoms. The van der Waals surface area contributed by atoms with Gasteiger partial charge in [0.2, 0.25) is 5.91 Å². The maximum absolute atomic E-state index is 13.0. The van der Waals surface area contributed by atoms with Gasteiger partial charge in [-0.25, -0.2) is 13.2 Å². The minimum atomic E-state index is -4.06. The normalized spacial score (nSPS) is 26.0. The summed E-state index contributed by atoms with van der Waals surface area (Å²) in [5.74, 6) is -2.69. The van der Waals surface area contributed by atoms with Gasteiger partial charge >= 0.3 is 5.97 Å². The SMILES string of the molecule is Cc1onc(-c2ccccc2)c1C(=O)N[C@@H]1C(=O)N2[C@@H](C(=O)O)C(C)(C)S(=O)(=O)[C@H]12. The van der Waals surface area contributed by atoms with E-state index in [1.165, 1.54) is 20.8 Å². The Morgan fingerprint density at radius 3 is 2.47 bits per heavy atom. The van der Waals surface area contributed by atoms with Gasteiger partial charge in [0, 0.05) is 5.56 Å². The van der Waals surface area contributed by atoms with Gasteiger partial charge in [0.25, 0.3) is 5.91 Å². The molecular weight excluding hydrogens is 414 g/mol. The van der Waals surface area contributed by atoms with Gasteiger partial charge in [0.1, 0.15) is 33.8 Å². The molecule has 3 atom stereocenters. The third kappa shape index (κ3) is 2.51. The molecule has 2 aliphatic heterocycles. The predicted octanol–water partition coefficient (Wildman–Crippen LogP) is 0.577. The van der Waals surface area contributed by atoms with E-state index >= 15 is 0 Å². The summed E-state index contributed by atoms with van der Waals surface area (Å²) in [6.45, 7) is 4.06. The van der Waals surface area contributed by atoms with Crippen molar-refractivity contribution in [3.63, 3.8) is 0 Å². The number of β-lactam (4-membered cyclic amide) rings is 1. The van der Waals surface area contributed by atoms with Crippen LogP contribution in [0.1, 0.15) is 30.0 Å². The summed E-state index contributed by atoms with van der Waals surface area (Å²) in [7, 11) is -4.06. The van der Waals surface area contributed by atoms with Crippen molar-refractivity contribution >= 4 is 27.6 Å². The van der Waals surface area contributed by atoms with Crippen LogP contribution >= 0.6 is 0 Å². The Morgan fingerprint density at radius 1 is 1.23 bits per heavy atom. The van der Waals surface area contributed by atoms with E-state index in [-0.39, 0.29) is 17.0 Å². The first-order chi connectivity index (χ1) is 14.0. The summed E-state index contributed by atoms with van der Waals surface area (Å²) in [4.78, 5) is 38.0. The molecule has 2 aliphatic rings. The third-order valence-electron chi connectivity index (χ3n) is 5.73. The first-order valence-electron chi connectivity index (χ1n) is 9.11. The minimum absolute atomic E-state index is 0.0805. The number of nitrogens with one attached hydrogen (secondary N) is 1. The second-order valence-corrected chi connectivity index (χ2v) is 10.4. The molecule has 1 aromatic carbocycles. The number of rotatable bonds is 4. The number of amides is 2. The lowest BCUT2D eigenvalue weighted by Gasteiger charge is -2.42. The quantitative estimate of drug-likeness (QED) is 0.666. The number of nitrogens with zero attached hydrogens (tertiary/aromatic N) is 2. The Kier molecular flexibility index (Phi) is 4.28. The molecule has 0 aliphatic carbocycles. The van der Waals surface area contributed by atoms with Crippen LogP contribution in [0.25, 0.3) is 11.3 Å². The van der Waals surface area contributed by atoms with E-state index in [0.29, 0.717) is 5.56 Å². The monoisotopic (exact) mass is 433 g/mol. The van der Waals surface area contributed by atoms with Crippen molar-refractivity contribution in [2.24, 2.45) is 0 Å². The van der Waals surface area contributed by atoms with Crippen LogP contribution in [0.2, 0.25) is 0 Å². The van der Waals surface area contributed by atoms with Gasteiger partial charge < -0.3 is 19.8 Å². The van der Waals surface area contributed by atoms with Gasteiger partial charge in [-0.3, -0.25) is 9.59 Å². The first kappa shape index (κ1) is 20.1. The van der Waals surface area contributed by atoms with Crippen LogP contribution in [0.5, 0.6) is 0 Å². The lowest BCUT2D eigenvalue weighted by molar-refractivity contribution is -0.159. The molecule has 0 radical (unpaired) electrons. The van der Waals surface area contributed by atoms with Crippen LogP contribution in [0.15, 0.2) is 34.9 Å². The molecule has 11 heteroatoms. The van der Waals surface area contributed by atoms with Gasteiger partial charge in [-0.2, -0.15) is 0 Å².